The standard InChI is InChI=1S/C15H26N2O/c1-3-4-5-6-7-8-11-18-15-9-10-17-14(12-15)13-16-2/h9-10,12,16H,3-8,11,13H2,1-2H3. The summed E-state index contributed by atoms with van der Waals surface area (Å²) in [5.74, 6) is 0.934. The van der Waals surface area contributed by atoms with E-state index in [2.05, 4.69) is 17.2 Å². The van der Waals surface area contributed by atoms with Gasteiger partial charge in [0, 0.05) is 18.8 Å². The zero-order chi connectivity index (χ0) is 13.1. The molecule has 0 saturated carbocycles. The largest absolute Gasteiger partial charge is 0.493 e. The molecular weight excluding hydrogens is 224 g/mol. The minimum atomic E-state index is 0.786. The Morgan fingerprint density at radius 1 is 1.17 bits per heavy atom. The molecule has 1 aromatic heterocycles. The Balaban J connectivity index is 2.13. The van der Waals surface area contributed by atoms with E-state index in [1.54, 1.807) is 0 Å². The average molecular weight is 250 g/mol. The van der Waals surface area contributed by atoms with Crippen LogP contribution in [-0.4, -0.2) is 18.6 Å². The lowest BCUT2D eigenvalue weighted by molar-refractivity contribution is 0.303. The summed E-state index contributed by atoms with van der Waals surface area (Å²) in [6.07, 6.45) is 9.59. The van der Waals surface area contributed by atoms with Crippen LogP contribution in [0.5, 0.6) is 5.75 Å². The molecule has 0 aliphatic heterocycles. The maximum atomic E-state index is 5.73. The van der Waals surface area contributed by atoms with Crippen LogP contribution in [0.15, 0.2) is 18.3 Å². The molecule has 0 bridgehead atoms. The van der Waals surface area contributed by atoms with Crippen LogP contribution in [0.2, 0.25) is 0 Å². The molecule has 1 heterocycles. The Hall–Kier alpha value is -1.09. The number of ether oxygens (including phenoxy) is 1. The van der Waals surface area contributed by atoms with Crippen LogP contribution in [0.3, 0.4) is 0 Å². The van der Waals surface area contributed by atoms with Crippen LogP contribution >= 0.6 is 0 Å². The van der Waals surface area contributed by atoms with Crippen molar-refractivity contribution < 1.29 is 4.74 Å². The van der Waals surface area contributed by atoms with E-state index in [-0.39, 0.29) is 0 Å². The van der Waals surface area contributed by atoms with Crippen LogP contribution in [0.4, 0.5) is 0 Å². The molecule has 0 spiro atoms. The smallest absolute Gasteiger partial charge is 0.122 e. The minimum absolute atomic E-state index is 0.786. The van der Waals surface area contributed by atoms with Gasteiger partial charge in [0.15, 0.2) is 0 Å². The van der Waals surface area contributed by atoms with Gasteiger partial charge in [0.1, 0.15) is 5.75 Å². The van der Waals surface area contributed by atoms with Gasteiger partial charge < -0.3 is 10.1 Å². The van der Waals surface area contributed by atoms with E-state index in [1.165, 1.54) is 32.1 Å². The van der Waals surface area contributed by atoms with Crippen LogP contribution in [0.25, 0.3) is 0 Å². The van der Waals surface area contributed by atoms with Crippen molar-refractivity contribution in [2.24, 2.45) is 0 Å². The topological polar surface area (TPSA) is 34.1 Å². The lowest BCUT2D eigenvalue weighted by Crippen LogP contribution is -2.07. The molecule has 1 rings (SSSR count). The third kappa shape index (κ3) is 6.60. The van der Waals surface area contributed by atoms with E-state index in [0.29, 0.717) is 0 Å². The van der Waals surface area contributed by atoms with Crippen molar-refractivity contribution in [1.29, 1.82) is 0 Å². The van der Waals surface area contributed by atoms with E-state index < -0.39 is 0 Å². The van der Waals surface area contributed by atoms with E-state index in [0.717, 1.165) is 31.0 Å². The minimum Gasteiger partial charge on any atom is -0.493 e. The second kappa shape index (κ2) is 9.89. The third-order valence-corrected chi connectivity index (χ3v) is 2.91. The third-order valence-electron chi connectivity index (χ3n) is 2.91. The Labute approximate surface area is 111 Å². The SMILES string of the molecule is CCCCCCCCOc1ccnc(CNC)c1. The molecule has 0 fully saturated rings. The van der Waals surface area contributed by atoms with Crippen molar-refractivity contribution in [3.05, 3.63) is 24.0 Å². The Morgan fingerprint density at radius 3 is 2.72 bits per heavy atom. The van der Waals surface area contributed by atoms with Crippen LogP contribution in [0, 0.1) is 0 Å². The predicted molar refractivity (Wildman–Crippen MR) is 75.9 cm³/mol. The molecule has 0 aromatic carbocycles. The van der Waals surface area contributed by atoms with Crippen LogP contribution < -0.4 is 10.1 Å². The van der Waals surface area contributed by atoms with Gasteiger partial charge >= 0.3 is 0 Å². The van der Waals surface area contributed by atoms with Crippen LogP contribution in [0.1, 0.15) is 51.1 Å². The number of aromatic nitrogens is 1. The lowest BCUT2D eigenvalue weighted by Gasteiger charge is -2.07. The number of pyridine rings is 1. The first kappa shape index (κ1) is 15.0. The first-order chi connectivity index (χ1) is 8.86. The summed E-state index contributed by atoms with van der Waals surface area (Å²) >= 11 is 0. The molecule has 0 aliphatic rings. The molecule has 0 amide bonds. The van der Waals surface area contributed by atoms with Crippen molar-refractivity contribution in [2.45, 2.75) is 52.0 Å². The van der Waals surface area contributed by atoms with Crippen molar-refractivity contribution in [2.75, 3.05) is 13.7 Å². The number of rotatable bonds is 10. The van der Waals surface area contributed by atoms with Gasteiger partial charge in [-0.3, -0.25) is 4.98 Å². The molecule has 0 saturated heterocycles. The summed E-state index contributed by atoms with van der Waals surface area (Å²) in [5, 5.41) is 3.09. The van der Waals surface area contributed by atoms with E-state index >= 15 is 0 Å². The maximum absolute atomic E-state index is 5.73. The molecule has 0 atom stereocenters. The van der Waals surface area contributed by atoms with Gasteiger partial charge in [0.25, 0.3) is 0 Å². The zero-order valence-corrected chi connectivity index (χ0v) is 11.7. The first-order valence-corrected chi connectivity index (χ1v) is 7.09. The summed E-state index contributed by atoms with van der Waals surface area (Å²) in [7, 11) is 1.92. The molecular formula is C15H26N2O. The van der Waals surface area contributed by atoms with Gasteiger partial charge in [0.05, 0.1) is 12.3 Å². The first-order valence-electron chi connectivity index (χ1n) is 7.09. The van der Waals surface area contributed by atoms with Crippen LogP contribution in [-0.2, 0) is 6.54 Å². The van der Waals surface area contributed by atoms with E-state index in [9.17, 15) is 0 Å². The Bertz CT molecular complexity index is 315. The van der Waals surface area contributed by atoms with Gasteiger partial charge in [-0.05, 0) is 19.5 Å². The molecule has 1 N–H and O–H groups in total. The number of hydrogen-bond donors (Lipinski definition) is 1. The average Bonchev–Trinajstić information content (AvgIpc) is 2.39. The Kier molecular flexibility index (Phi) is 8.23. The van der Waals surface area contributed by atoms with Gasteiger partial charge in [-0.1, -0.05) is 39.0 Å². The highest BCUT2D eigenvalue weighted by Crippen LogP contribution is 2.12. The number of hydrogen-bond acceptors (Lipinski definition) is 3. The second-order valence-corrected chi connectivity index (χ2v) is 4.63. The monoisotopic (exact) mass is 250 g/mol. The van der Waals surface area contributed by atoms with Gasteiger partial charge in [0.2, 0.25) is 0 Å². The molecule has 0 unspecified atom stereocenters. The molecule has 0 radical (unpaired) electrons. The second-order valence-electron chi connectivity index (χ2n) is 4.63. The normalized spacial score (nSPS) is 10.6. The number of nitrogens with one attached hydrogen (secondary N) is 1. The van der Waals surface area contributed by atoms with Crippen molar-refractivity contribution >= 4 is 0 Å². The van der Waals surface area contributed by atoms with Crippen molar-refractivity contribution in [3.63, 3.8) is 0 Å². The fourth-order valence-electron chi connectivity index (χ4n) is 1.90. The fourth-order valence-corrected chi connectivity index (χ4v) is 1.90. The highest BCUT2D eigenvalue weighted by molar-refractivity contribution is 5.22. The van der Waals surface area contributed by atoms with E-state index in [4.69, 9.17) is 4.74 Å². The summed E-state index contributed by atoms with van der Waals surface area (Å²) in [5.41, 5.74) is 1.03. The molecule has 1 aromatic rings. The highest BCUT2D eigenvalue weighted by atomic mass is 16.5. The van der Waals surface area contributed by atoms with E-state index in [1.807, 2.05) is 25.4 Å². The molecule has 18 heavy (non-hydrogen) atoms. The molecule has 0 aliphatic carbocycles. The van der Waals surface area contributed by atoms with Crippen molar-refractivity contribution in [3.8, 4) is 5.75 Å². The molecule has 102 valence electrons. The summed E-state index contributed by atoms with van der Waals surface area (Å²) in [6.45, 7) is 3.85. The lowest BCUT2D eigenvalue weighted by atomic mass is 10.1. The molecule has 3 nitrogen and oxygen atoms in total. The fraction of sp³-hybridized carbons (Fsp3) is 0.667. The highest BCUT2D eigenvalue weighted by Gasteiger charge is 1.97. The number of unbranched alkanes of at least 4 members (excludes halogenated alkanes) is 5. The zero-order valence-electron chi connectivity index (χ0n) is 11.7. The molecule has 3 heteroatoms. The maximum Gasteiger partial charge on any atom is 0.122 e. The quantitative estimate of drug-likeness (QED) is 0.645. The predicted octanol–water partition coefficient (Wildman–Crippen LogP) is 3.54. The summed E-state index contributed by atoms with van der Waals surface area (Å²) in [6, 6.07) is 3.93. The van der Waals surface area contributed by atoms with Gasteiger partial charge in [-0.25, -0.2) is 0 Å². The Morgan fingerprint density at radius 2 is 1.94 bits per heavy atom. The van der Waals surface area contributed by atoms with Gasteiger partial charge in [-0.15, -0.1) is 0 Å². The summed E-state index contributed by atoms with van der Waals surface area (Å²) < 4.78 is 5.73. The van der Waals surface area contributed by atoms with Crippen molar-refractivity contribution in [1.82, 2.24) is 10.3 Å². The number of nitrogens with zero attached hydrogens (tertiary/aromatic N) is 1. The van der Waals surface area contributed by atoms with Gasteiger partial charge in [-0.2, -0.15) is 0 Å². The summed E-state index contributed by atoms with van der Waals surface area (Å²) in [4.78, 5) is 4.26.